The number of hydrogen-bond acceptors (Lipinski definition) is 3. The van der Waals surface area contributed by atoms with E-state index in [1.54, 1.807) is 0 Å². The third-order valence-electron chi connectivity index (χ3n) is 4.59. The molecule has 0 spiro atoms. The number of para-hydroxylation sites is 1. The number of hydrogen-bond donors (Lipinski definition) is 2. The van der Waals surface area contributed by atoms with Gasteiger partial charge in [0.25, 0.3) is 0 Å². The van der Waals surface area contributed by atoms with Crippen molar-refractivity contribution in [3.63, 3.8) is 0 Å². The third kappa shape index (κ3) is 6.35. The highest BCUT2D eigenvalue weighted by atomic mass is 127. The molecule has 0 aliphatic rings. The van der Waals surface area contributed by atoms with Gasteiger partial charge in [-0.05, 0) is 36.9 Å². The van der Waals surface area contributed by atoms with E-state index < -0.39 is 0 Å². The molecule has 0 bridgehead atoms. The number of rotatable bonds is 8. The summed E-state index contributed by atoms with van der Waals surface area (Å²) in [6, 6.07) is 14.7. The normalized spacial score (nSPS) is 11.2. The summed E-state index contributed by atoms with van der Waals surface area (Å²) in [6.45, 7) is 5.36. The van der Waals surface area contributed by atoms with E-state index in [9.17, 15) is 0 Å². The molecule has 0 saturated carbocycles. The fourth-order valence-corrected chi connectivity index (χ4v) is 3.25. The molecule has 3 rings (SSSR count). The summed E-state index contributed by atoms with van der Waals surface area (Å²) in [5.41, 5.74) is 2.40. The van der Waals surface area contributed by atoms with Crippen molar-refractivity contribution in [2.24, 2.45) is 4.99 Å². The lowest BCUT2D eigenvalue weighted by molar-refractivity contribution is 0.641. The first kappa shape index (κ1) is 23.0. The minimum absolute atomic E-state index is 0. The predicted molar refractivity (Wildman–Crippen MR) is 133 cm³/mol. The second-order valence-electron chi connectivity index (χ2n) is 6.92. The molecule has 0 aliphatic heterocycles. The van der Waals surface area contributed by atoms with E-state index in [2.05, 4.69) is 69.7 Å². The Kier molecular flexibility index (Phi) is 9.24. The molecule has 3 aromatic rings. The molecule has 0 atom stereocenters. The molecule has 1 aromatic carbocycles. The third-order valence-corrected chi connectivity index (χ3v) is 4.59. The van der Waals surface area contributed by atoms with Gasteiger partial charge in [0.15, 0.2) is 5.96 Å². The van der Waals surface area contributed by atoms with Gasteiger partial charge in [0.1, 0.15) is 5.82 Å². The molecule has 0 amide bonds. The Bertz CT molecular complexity index is 918. The monoisotopic (exact) mass is 506 g/mol. The number of nitrogens with one attached hydrogen (secondary N) is 2. The largest absolute Gasteiger partial charge is 0.362 e. The van der Waals surface area contributed by atoms with Crippen molar-refractivity contribution in [1.29, 1.82) is 0 Å². The summed E-state index contributed by atoms with van der Waals surface area (Å²) in [4.78, 5) is 11.2. The molecule has 6 nitrogen and oxygen atoms in total. The summed E-state index contributed by atoms with van der Waals surface area (Å²) in [5, 5.41) is 8.05. The summed E-state index contributed by atoms with van der Waals surface area (Å²) in [5.74, 6) is 1.80. The van der Waals surface area contributed by atoms with E-state index in [0.717, 1.165) is 43.4 Å². The van der Waals surface area contributed by atoms with E-state index >= 15 is 0 Å². The zero-order valence-electron chi connectivity index (χ0n) is 17.4. The Hall–Kier alpha value is -2.29. The van der Waals surface area contributed by atoms with E-state index in [4.69, 9.17) is 4.99 Å². The number of aromatic nitrogens is 2. The number of aliphatic imine (C=N–C) groups is 1. The summed E-state index contributed by atoms with van der Waals surface area (Å²) >= 11 is 0. The minimum Gasteiger partial charge on any atom is -0.362 e. The van der Waals surface area contributed by atoms with Crippen LogP contribution in [0.15, 0.2) is 59.9 Å². The standard InChI is InChI=1S/C22H30N6.HI/c1-4-23-22(26-17-19-10-7-13-24-21(19)27(2)3)25-14-8-15-28-16-12-18-9-5-6-11-20(18)28;/h5-7,9-13,16H,4,8,14-15,17H2,1-3H3,(H2,23,25,26);1H. The number of aryl methyl sites for hydroxylation is 1. The number of guanidine groups is 1. The Morgan fingerprint density at radius 3 is 2.72 bits per heavy atom. The number of nitrogens with zero attached hydrogens (tertiary/aromatic N) is 4. The SMILES string of the molecule is CCNC(=NCc1cccnc1N(C)C)NCCCn1ccc2ccccc21.I. The second kappa shape index (κ2) is 11.6. The molecule has 29 heavy (non-hydrogen) atoms. The number of anilines is 1. The fraction of sp³-hybridized carbons (Fsp3) is 0.364. The van der Waals surface area contributed by atoms with Gasteiger partial charge in [-0.3, -0.25) is 0 Å². The number of benzene rings is 1. The zero-order valence-corrected chi connectivity index (χ0v) is 19.8. The van der Waals surface area contributed by atoms with Crippen molar-refractivity contribution < 1.29 is 0 Å². The van der Waals surface area contributed by atoms with Crippen molar-refractivity contribution >= 4 is 46.7 Å². The van der Waals surface area contributed by atoms with Crippen molar-refractivity contribution in [2.45, 2.75) is 26.4 Å². The van der Waals surface area contributed by atoms with Gasteiger partial charge in [0.2, 0.25) is 0 Å². The topological polar surface area (TPSA) is 57.5 Å². The van der Waals surface area contributed by atoms with Crippen LogP contribution in [0.4, 0.5) is 5.82 Å². The molecule has 2 N–H and O–H groups in total. The molecular weight excluding hydrogens is 475 g/mol. The van der Waals surface area contributed by atoms with Gasteiger partial charge < -0.3 is 20.1 Å². The lowest BCUT2D eigenvalue weighted by atomic mass is 10.2. The number of halogens is 1. The van der Waals surface area contributed by atoms with Crippen LogP contribution in [0.25, 0.3) is 10.9 Å². The Morgan fingerprint density at radius 2 is 1.93 bits per heavy atom. The molecule has 0 radical (unpaired) electrons. The average Bonchev–Trinajstić information content (AvgIpc) is 3.12. The maximum Gasteiger partial charge on any atom is 0.191 e. The van der Waals surface area contributed by atoms with Crippen LogP contribution in [-0.4, -0.2) is 42.7 Å². The summed E-state index contributed by atoms with van der Waals surface area (Å²) in [7, 11) is 4.01. The Labute approximate surface area is 190 Å². The zero-order chi connectivity index (χ0) is 19.8. The lowest BCUT2D eigenvalue weighted by Gasteiger charge is -2.16. The van der Waals surface area contributed by atoms with E-state index in [1.807, 2.05) is 31.3 Å². The van der Waals surface area contributed by atoms with Crippen molar-refractivity contribution in [1.82, 2.24) is 20.2 Å². The van der Waals surface area contributed by atoms with E-state index in [-0.39, 0.29) is 24.0 Å². The molecule has 2 aromatic heterocycles. The Balaban J connectivity index is 0.00000300. The maximum atomic E-state index is 4.73. The summed E-state index contributed by atoms with van der Waals surface area (Å²) in [6.07, 6.45) is 5.00. The molecule has 0 unspecified atom stereocenters. The van der Waals surface area contributed by atoms with Crippen LogP contribution in [0, 0.1) is 0 Å². The van der Waals surface area contributed by atoms with Crippen molar-refractivity contribution in [3.05, 3.63) is 60.4 Å². The van der Waals surface area contributed by atoms with E-state index in [1.165, 1.54) is 10.9 Å². The lowest BCUT2D eigenvalue weighted by Crippen LogP contribution is -2.38. The van der Waals surface area contributed by atoms with Gasteiger partial charge in [-0.25, -0.2) is 9.98 Å². The molecule has 156 valence electrons. The highest BCUT2D eigenvalue weighted by Crippen LogP contribution is 2.16. The number of fused-ring (bicyclic) bond motifs is 1. The summed E-state index contributed by atoms with van der Waals surface area (Å²) < 4.78 is 2.31. The molecule has 0 saturated heterocycles. The molecule has 7 heteroatoms. The molecule has 2 heterocycles. The molecule has 0 fully saturated rings. The maximum absolute atomic E-state index is 4.73. The van der Waals surface area contributed by atoms with E-state index in [0.29, 0.717) is 6.54 Å². The second-order valence-corrected chi connectivity index (χ2v) is 6.92. The predicted octanol–water partition coefficient (Wildman–Crippen LogP) is 3.87. The first-order valence-electron chi connectivity index (χ1n) is 9.86. The fourth-order valence-electron chi connectivity index (χ4n) is 3.25. The van der Waals surface area contributed by atoms with Crippen LogP contribution in [0.5, 0.6) is 0 Å². The van der Waals surface area contributed by atoms with Crippen LogP contribution in [-0.2, 0) is 13.1 Å². The van der Waals surface area contributed by atoms with Crippen molar-refractivity contribution in [2.75, 3.05) is 32.1 Å². The van der Waals surface area contributed by atoms with Gasteiger partial charge in [0, 0.05) is 57.2 Å². The van der Waals surface area contributed by atoms with Crippen LogP contribution >= 0.6 is 24.0 Å². The highest BCUT2D eigenvalue weighted by Gasteiger charge is 2.05. The van der Waals surface area contributed by atoms with Crippen LogP contribution in [0.2, 0.25) is 0 Å². The van der Waals surface area contributed by atoms with Crippen molar-refractivity contribution in [3.8, 4) is 0 Å². The van der Waals surface area contributed by atoms with Crippen LogP contribution in [0.1, 0.15) is 18.9 Å². The van der Waals surface area contributed by atoms with Crippen LogP contribution in [0.3, 0.4) is 0 Å². The highest BCUT2D eigenvalue weighted by molar-refractivity contribution is 14.0. The molecular formula is C22H31IN6. The quantitative estimate of drug-likeness (QED) is 0.211. The van der Waals surface area contributed by atoms with Gasteiger partial charge in [-0.2, -0.15) is 0 Å². The molecule has 0 aliphatic carbocycles. The smallest absolute Gasteiger partial charge is 0.191 e. The Morgan fingerprint density at radius 1 is 1.10 bits per heavy atom. The minimum atomic E-state index is 0. The number of pyridine rings is 1. The first-order valence-corrected chi connectivity index (χ1v) is 9.86. The van der Waals surface area contributed by atoms with Crippen LogP contribution < -0.4 is 15.5 Å². The van der Waals surface area contributed by atoms with Gasteiger partial charge in [-0.15, -0.1) is 24.0 Å². The van der Waals surface area contributed by atoms with Gasteiger partial charge in [-0.1, -0.05) is 24.3 Å². The van der Waals surface area contributed by atoms with Gasteiger partial charge in [0.05, 0.1) is 6.54 Å². The first-order chi connectivity index (χ1) is 13.7. The van der Waals surface area contributed by atoms with Gasteiger partial charge >= 0.3 is 0 Å². The average molecular weight is 506 g/mol.